The average molecular weight is 386 g/mol. The SMILES string of the molecule is CCOc1ccc(Nc2ncnc(Nc3cccc4ccc(C)nc34)c2N)cc1. The number of anilines is 5. The van der Waals surface area contributed by atoms with Gasteiger partial charge >= 0.3 is 0 Å². The molecule has 0 bridgehead atoms. The number of pyridine rings is 1. The molecule has 2 heterocycles. The molecule has 29 heavy (non-hydrogen) atoms. The van der Waals surface area contributed by atoms with Gasteiger partial charge in [-0.2, -0.15) is 0 Å². The quantitative estimate of drug-likeness (QED) is 0.438. The second-order valence-electron chi connectivity index (χ2n) is 6.52. The smallest absolute Gasteiger partial charge is 0.159 e. The fraction of sp³-hybridized carbons (Fsp3) is 0.136. The number of ether oxygens (including phenoxy) is 1. The molecule has 4 aromatic rings. The molecule has 0 spiro atoms. The van der Waals surface area contributed by atoms with Gasteiger partial charge in [-0.15, -0.1) is 0 Å². The van der Waals surface area contributed by atoms with Gasteiger partial charge in [0, 0.05) is 16.8 Å². The van der Waals surface area contributed by atoms with Gasteiger partial charge in [0.2, 0.25) is 0 Å². The summed E-state index contributed by atoms with van der Waals surface area (Å²) in [5.41, 5.74) is 10.3. The van der Waals surface area contributed by atoms with Gasteiger partial charge in [-0.05, 0) is 50.2 Å². The van der Waals surface area contributed by atoms with E-state index >= 15 is 0 Å². The van der Waals surface area contributed by atoms with E-state index in [-0.39, 0.29) is 0 Å². The molecule has 146 valence electrons. The fourth-order valence-electron chi connectivity index (χ4n) is 3.01. The van der Waals surface area contributed by atoms with Crippen LogP contribution in [0.4, 0.5) is 28.7 Å². The summed E-state index contributed by atoms with van der Waals surface area (Å²) in [5.74, 6) is 1.86. The first-order valence-corrected chi connectivity index (χ1v) is 9.38. The Morgan fingerprint density at radius 3 is 2.45 bits per heavy atom. The number of rotatable bonds is 6. The minimum Gasteiger partial charge on any atom is -0.494 e. The molecular weight excluding hydrogens is 364 g/mol. The molecule has 7 nitrogen and oxygen atoms in total. The van der Waals surface area contributed by atoms with E-state index in [0.717, 1.165) is 33.7 Å². The van der Waals surface area contributed by atoms with Crippen molar-refractivity contribution < 1.29 is 4.74 Å². The molecule has 0 atom stereocenters. The molecule has 2 aromatic heterocycles. The molecule has 0 unspecified atom stereocenters. The van der Waals surface area contributed by atoms with E-state index in [1.54, 1.807) is 0 Å². The summed E-state index contributed by atoms with van der Waals surface area (Å²) in [6.07, 6.45) is 1.47. The van der Waals surface area contributed by atoms with Crippen LogP contribution in [-0.4, -0.2) is 21.6 Å². The van der Waals surface area contributed by atoms with Crippen LogP contribution in [0.2, 0.25) is 0 Å². The van der Waals surface area contributed by atoms with Gasteiger partial charge in [0.15, 0.2) is 11.6 Å². The Kier molecular flexibility index (Phi) is 5.11. The van der Waals surface area contributed by atoms with Crippen molar-refractivity contribution in [1.82, 2.24) is 15.0 Å². The van der Waals surface area contributed by atoms with Crippen LogP contribution in [0.25, 0.3) is 10.9 Å². The lowest BCUT2D eigenvalue weighted by atomic mass is 10.1. The van der Waals surface area contributed by atoms with Crippen LogP contribution in [0.3, 0.4) is 0 Å². The van der Waals surface area contributed by atoms with Gasteiger partial charge in [-0.1, -0.05) is 18.2 Å². The molecule has 0 amide bonds. The number of nitrogens with two attached hydrogens (primary N) is 1. The van der Waals surface area contributed by atoms with Crippen LogP contribution in [-0.2, 0) is 0 Å². The normalized spacial score (nSPS) is 10.7. The molecule has 0 saturated carbocycles. The first-order valence-electron chi connectivity index (χ1n) is 9.38. The summed E-state index contributed by atoms with van der Waals surface area (Å²) in [4.78, 5) is 13.2. The van der Waals surface area contributed by atoms with Crippen LogP contribution >= 0.6 is 0 Å². The van der Waals surface area contributed by atoms with Gasteiger partial charge in [0.25, 0.3) is 0 Å². The molecule has 4 rings (SSSR count). The maximum absolute atomic E-state index is 6.34. The minimum absolute atomic E-state index is 0.422. The number of aromatic nitrogens is 3. The Labute approximate surface area is 169 Å². The number of benzene rings is 2. The third-order valence-corrected chi connectivity index (χ3v) is 4.42. The van der Waals surface area contributed by atoms with E-state index < -0.39 is 0 Å². The molecule has 0 radical (unpaired) electrons. The zero-order valence-electron chi connectivity index (χ0n) is 16.3. The summed E-state index contributed by atoms with van der Waals surface area (Å²) >= 11 is 0. The Bertz CT molecular complexity index is 1140. The van der Waals surface area contributed by atoms with E-state index in [9.17, 15) is 0 Å². The third kappa shape index (κ3) is 4.03. The second-order valence-corrected chi connectivity index (χ2v) is 6.52. The minimum atomic E-state index is 0.422. The van der Waals surface area contributed by atoms with Gasteiger partial charge < -0.3 is 21.1 Å². The summed E-state index contributed by atoms with van der Waals surface area (Å²) in [6, 6.07) is 17.6. The highest BCUT2D eigenvalue weighted by Crippen LogP contribution is 2.31. The van der Waals surface area contributed by atoms with Crippen LogP contribution < -0.4 is 21.1 Å². The zero-order chi connectivity index (χ0) is 20.2. The third-order valence-electron chi connectivity index (χ3n) is 4.42. The molecule has 0 aliphatic carbocycles. The van der Waals surface area contributed by atoms with E-state index in [4.69, 9.17) is 10.5 Å². The van der Waals surface area contributed by atoms with Crippen LogP contribution in [0.1, 0.15) is 12.6 Å². The van der Waals surface area contributed by atoms with Crippen molar-refractivity contribution in [2.45, 2.75) is 13.8 Å². The Balaban J connectivity index is 1.61. The summed E-state index contributed by atoms with van der Waals surface area (Å²) in [5, 5.41) is 7.57. The standard InChI is InChI=1S/C22H22N6O/c1-3-29-17-11-9-16(10-12-17)27-21-19(23)22(25-13-24-21)28-18-6-4-5-15-8-7-14(2)26-20(15)18/h4-13H,3,23H2,1-2H3,(H2,24,25,27,28). The highest BCUT2D eigenvalue weighted by atomic mass is 16.5. The van der Waals surface area contributed by atoms with Crippen molar-refractivity contribution in [2.24, 2.45) is 0 Å². The maximum atomic E-state index is 6.34. The van der Waals surface area contributed by atoms with Crippen molar-refractivity contribution in [3.63, 3.8) is 0 Å². The van der Waals surface area contributed by atoms with E-state index in [1.807, 2.05) is 68.4 Å². The van der Waals surface area contributed by atoms with E-state index in [1.165, 1.54) is 6.33 Å². The zero-order valence-corrected chi connectivity index (χ0v) is 16.3. The van der Waals surface area contributed by atoms with Crippen molar-refractivity contribution in [1.29, 1.82) is 0 Å². The number of nitrogens with one attached hydrogen (secondary N) is 2. The van der Waals surface area contributed by atoms with Gasteiger partial charge in [-0.25, -0.2) is 9.97 Å². The van der Waals surface area contributed by atoms with Crippen molar-refractivity contribution in [3.8, 4) is 5.75 Å². The lowest BCUT2D eigenvalue weighted by Crippen LogP contribution is -2.05. The number of para-hydroxylation sites is 1. The monoisotopic (exact) mass is 386 g/mol. The number of fused-ring (bicyclic) bond motifs is 1. The van der Waals surface area contributed by atoms with Crippen molar-refractivity contribution in [2.75, 3.05) is 23.0 Å². The van der Waals surface area contributed by atoms with Gasteiger partial charge in [0.05, 0.1) is 17.8 Å². The molecule has 0 aliphatic rings. The van der Waals surface area contributed by atoms with Crippen LogP contribution in [0.15, 0.2) is 60.9 Å². The molecular formula is C22H22N6O. The fourth-order valence-corrected chi connectivity index (χ4v) is 3.01. The second kappa shape index (κ2) is 8.02. The molecule has 7 heteroatoms. The topological polar surface area (TPSA) is 98.0 Å². The summed E-state index contributed by atoms with van der Waals surface area (Å²) < 4.78 is 5.47. The Morgan fingerprint density at radius 2 is 1.69 bits per heavy atom. The number of hydrogen-bond donors (Lipinski definition) is 3. The number of nitrogen functional groups attached to an aromatic ring is 1. The molecule has 2 aromatic carbocycles. The van der Waals surface area contributed by atoms with Crippen molar-refractivity contribution in [3.05, 3.63) is 66.6 Å². The van der Waals surface area contributed by atoms with Gasteiger partial charge in [-0.3, -0.25) is 4.98 Å². The van der Waals surface area contributed by atoms with E-state index in [0.29, 0.717) is 23.9 Å². The average Bonchev–Trinajstić information content (AvgIpc) is 2.73. The highest BCUT2D eigenvalue weighted by Gasteiger charge is 2.11. The maximum Gasteiger partial charge on any atom is 0.159 e. The number of aryl methyl sites for hydroxylation is 1. The predicted molar refractivity (Wildman–Crippen MR) is 117 cm³/mol. The number of nitrogens with zero attached hydrogens (tertiary/aromatic N) is 3. The number of hydrogen-bond acceptors (Lipinski definition) is 7. The first kappa shape index (κ1) is 18.5. The predicted octanol–water partition coefficient (Wildman–Crippen LogP) is 4.80. The molecule has 4 N–H and O–H groups in total. The highest BCUT2D eigenvalue weighted by molar-refractivity contribution is 5.93. The largest absolute Gasteiger partial charge is 0.494 e. The summed E-state index contributed by atoms with van der Waals surface area (Å²) in [6.45, 7) is 4.55. The lowest BCUT2D eigenvalue weighted by Gasteiger charge is -2.14. The van der Waals surface area contributed by atoms with Crippen molar-refractivity contribution >= 4 is 39.6 Å². The molecule has 0 aliphatic heterocycles. The Hall–Kier alpha value is -3.87. The Morgan fingerprint density at radius 1 is 0.931 bits per heavy atom. The first-order chi connectivity index (χ1) is 14.1. The van der Waals surface area contributed by atoms with Crippen LogP contribution in [0, 0.1) is 6.92 Å². The molecule has 0 saturated heterocycles. The van der Waals surface area contributed by atoms with Crippen LogP contribution in [0.5, 0.6) is 5.75 Å². The lowest BCUT2D eigenvalue weighted by molar-refractivity contribution is 0.340. The molecule has 0 fully saturated rings. The van der Waals surface area contributed by atoms with Gasteiger partial charge in [0.1, 0.15) is 17.8 Å². The summed E-state index contributed by atoms with van der Waals surface area (Å²) in [7, 11) is 0. The van der Waals surface area contributed by atoms with E-state index in [2.05, 4.69) is 25.6 Å².